The Bertz CT molecular complexity index is 596. The molecule has 116 valence electrons. The van der Waals surface area contributed by atoms with Crippen LogP contribution in [0.25, 0.3) is 0 Å². The van der Waals surface area contributed by atoms with Crippen molar-refractivity contribution in [1.29, 1.82) is 0 Å². The van der Waals surface area contributed by atoms with Crippen LogP contribution in [0.3, 0.4) is 0 Å². The van der Waals surface area contributed by atoms with Crippen LogP contribution in [-0.4, -0.2) is 49.1 Å². The Morgan fingerprint density at radius 1 is 1.33 bits per heavy atom. The first kappa shape index (κ1) is 16.4. The fraction of sp³-hybridized carbons (Fsp3) is 0.533. The first-order chi connectivity index (χ1) is 9.91. The van der Waals surface area contributed by atoms with E-state index >= 15 is 0 Å². The number of benzene rings is 1. The van der Waals surface area contributed by atoms with Crippen LogP contribution in [0, 0.1) is 6.92 Å². The highest BCUT2D eigenvalue weighted by molar-refractivity contribution is 8.00. The van der Waals surface area contributed by atoms with Crippen molar-refractivity contribution in [2.24, 2.45) is 0 Å². The van der Waals surface area contributed by atoms with E-state index in [1.165, 1.54) is 17.3 Å². The van der Waals surface area contributed by atoms with Crippen LogP contribution in [0.1, 0.15) is 18.9 Å². The molecule has 1 aromatic rings. The molecule has 1 heterocycles. The van der Waals surface area contributed by atoms with Crippen LogP contribution in [0.5, 0.6) is 0 Å². The van der Waals surface area contributed by atoms with Gasteiger partial charge in [0.05, 0.1) is 17.3 Å². The van der Waals surface area contributed by atoms with Crippen LogP contribution < -0.4 is 0 Å². The van der Waals surface area contributed by atoms with Gasteiger partial charge in [-0.15, -0.1) is 11.8 Å². The largest absolute Gasteiger partial charge is 0.338 e. The maximum atomic E-state index is 12.3. The molecule has 1 aliphatic rings. The molecule has 1 amide bonds. The summed E-state index contributed by atoms with van der Waals surface area (Å²) in [5.74, 6) is 0.687. The normalized spacial score (nSPS) is 20.4. The summed E-state index contributed by atoms with van der Waals surface area (Å²) < 4.78 is 23.1. The Balaban J connectivity index is 1.93. The number of sulfone groups is 1. The van der Waals surface area contributed by atoms with Crippen molar-refractivity contribution in [3.8, 4) is 0 Å². The summed E-state index contributed by atoms with van der Waals surface area (Å²) in [4.78, 5) is 15.1. The Hall–Kier alpha value is -1.01. The van der Waals surface area contributed by atoms with E-state index in [0.29, 0.717) is 18.7 Å². The molecular formula is C15H21NO3S2. The van der Waals surface area contributed by atoms with Crippen LogP contribution in [-0.2, 0) is 14.6 Å². The lowest BCUT2D eigenvalue weighted by Gasteiger charge is -2.26. The van der Waals surface area contributed by atoms with Gasteiger partial charge in [0, 0.05) is 17.5 Å². The second-order valence-corrected chi connectivity index (χ2v) is 8.62. The van der Waals surface area contributed by atoms with E-state index in [9.17, 15) is 13.2 Å². The van der Waals surface area contributed by atoms with E-state index < -0.39 is 9.84 Å². The van der Waals surface area contributed by atoms with Gasteiger partial charge in [-0.05, 0) is 32.4 Å². The molecule has 1 aromatic carbocycles. The maximum Gasteiger partial charge on any atom is 0.233 e. The zero-order valence-corrected chi connectivity index (χ0v) is 14.0. The van der Waals surface area contributed by atoms with E-state index in [2.05, 4.69) is 0 Å². The van der Waals surface area contributed by atoms with Gasteiger partial charge in [-0.2, -0.15) is 0 Å². The molecule has 1 fully saturated rings. The summed E-state index contributed by atoms with van der Waals surface area (Å²) in [6, 6.07) is 7.90. The Morgan fingerprint density at radius 3 is 2.52 bits per heavy atom. The highest BCUT2D eigenvalue weighted by atomic mass is 32.2. The van der Waals surface area contributed by atoms with E-state index in [-0.39, 0.29) is 23.5 Å². The van der Waals surface area contributed by atoms with Gasteiger partial charge in [-0.3, -0.25) is 4.79 Å². The summed E-state index contributed by atoms with van der Waals surface area (Å²) in [5, 5.41) is 0. The Morgan fingerprint density at radius 2 is 2.00 bits per heavy atom. The fourth-order valence-electron chi connectivity index (χ4n) is 2.52. The minimum absolute atomic E-state index is 0.0187. The first-order valence-electron chi connectivity index (χ1n) is 7.10. The van der Waals surface area contributed by atoms with Gasteiger partial charge in [0.1, 0.15) is 0 Å². The highest BCUT2D eigenvalue weighted by Crippen LogP contribution is 2.22. The number of thioether (sulfide) groups is 1. The third kappa shape index (κ3) is 4.48. The van der Waals surface area contributed by atoms with E-state index in [4.69, 9.17) is 0 Å². The molecule has 0 aromatic heterocycles. The number of amides is 1. The molecular weight excluding hydrogens is 306 g/mol. The van der Waals surface area contributed by atoms with E-state index in [0.717, 1.165) is 4.90 Å². The van der Waals surface area contributed by atoms with Crippen LogP contribution in [0.15, 0.2) is 29.2 Å². The summed E-state index contributed by atoms with van der Waals surface area (Å²) >= 11 is 1.50. The molecule has 0 N–H and O–H groups in total. The standard InChI is InChI=1S/C15H21NO3S2/c1-3-16(13-8-9-21(18,19)11-13)15(17)10-20-14-6-4-12(2)5-7-14/h4-7,13H,3,8-11H2,1-2H3. The number of carbonyl (C=O) groups excluding carboxylic acids is 1. The topological polar surface area (TPSA) is 54.5 Å². The van der Waals surface area contributed by atoms with Crippen molar-refractivity contribution in [2.45, 2.75) is 31.2 Å². The van der Waals surface area contributed by atoms with Crippen LogP contribution in [0.4, 0.5) is 0 Å². The number of hydrogen-bond donors (Lipinski definition) is 0. The molecule has 0 bridgehead atoms. The van der Waals surface area contributed by atoms with Gasteiger partial charge in [0.2, 0.25) is 5.91 Å². The molecule has 1 aliphatic heterocycles. The van der Waals surface area contributed by atoms with Crippen molar-refractivity contribution in [1.82, 2.24) is 4.90 Å². The summed E-state index contributed by atoms with van der Waals surface area (Å²) in [5.41, 5.74) is 1.19. The van der Waals surface area contributed by atoms with Gasteiger partial charge < -0.3 is 4.90 Å². The predicted molar refractivity (Wildman–Crippen MR) is 86.3 cm³/mol. The van der Waals surface area contributed by atoms with Gasteiger partial charge in [0.15, 0.2) is 9.84 Å². The molecule has 0 aliphatic carbocycles. The average Bonchev–Trinajstić information content (AvgIpc) is 2.79. The lowest BCUT2D eigenvalue weighted by molar-refractivity contribution is -0.129. The van der Waals surface area contributed by atoms with Crippen LogP contribution >= 0.6 is 11.8 Å². The number of aryl methyl sites for hydroxylation is 1. The molecule has 21 heavy (non-hydrogen) atoms. The SMILES string of the molecule is CCN(C(=O)CSc1ccc(C)cc1)C1CCS(=O)(=O)C1. The van der Waals surface area contributed by atoms with Gasteiger partial charge in [-0.25, -0.2) is 8.42 Å². The third-order valence-corrected chi connectivity index (χ3v) is 6.44. The molecule has 1 atom stereocenters. The molecule has 0 radical (unpaired) electrons. The molecule has 1 unspecified atom stereocenters. The lowest BCUT2D eigenvalue weighted by Crippen LogP contribution is -2.41. The maximum absolute atomic E-state index is 12.3. The Labute approximate surface area is 130 Å². The second kappa shape index (κ2) is 6.83. The Kier molecular flexibility index (Phi) is 5.32. The highest BCUT2D eigenvalue weighted by Gasteiger charge is 2.33. The minimum atomic E-state index is -2.96. The molecule has 0 saturated carbocycles. The van der Waals surface area contributed by atoms with E-state index in [1.54, 1.807) is 4.90 Å². The third-order valence-electron chi connectivity index (χ3n) is 3.69. The average molecular weight is 327 g/mol. The van der Waals surface area contributed by atoms with Gasteiger partial charge in [-0.1, -0.05) is 17.7 Å². The van der Waals surface area contributed by atoms with Crippen molar-refractivity contribution < 1.29 is 13.2 Å². The van der Waals surface area contributed by atoms with E-state index in [1.807, 2.05) is 38.1 Å². The summed E-state index contributed by atoms with van der Waals surface area (Å²) in [6.45, 7) is 4.49. The molecule has 0 spiro atoms. The van der Waals surface area contributed by atoms with Gasteiger partial charge >= 0.3 is 0 Å². The number of nitrogens with zero attached hydrogens (tertiary/aromatic N) is 1. The molecule has 2 rings (SSSR count). The fourth-order valence-corrected chi connectivity index (χ4v) is 5.04. The van der Waals surface area contributed by atoms with Crippen molar-refractivity contribution in [2.75, 3.05) is 23.8 Å². The smallest absolute Gasteiger partial charge is 0.233 e. The lowest BCUT2D eigenvalue weighted by atomic mass is 10.2. The monoisotopic (exact) mass is 327 g/mol. The molecule has 1 saturated heterocycles. The minimum Gasteiger partial charge on any atom is -0.338 e. The van der Waals surface area contributed by atoms with Crippen LogP contribution in [0.2, 0.25) is 0 Å². The first-order valence-corrected chi connectivity index (χ1v) is 9.91. The van der Waals surface area contributed by atoms with Crippen molar-refractivity contribution in [3.05, 3.63) is 29.8 Å². The van der Waals surface area contributed by atoms with Crippen molar-refractivity contribution >= 4 is 27.5 Å². The second-order valence-electron chi connectivity index (χ2n) is 5.34. The van der Waals surface area contributed by atoms with Crippen molar-refractivity contribution in [3.63, 3.8) is 0 Å². The van der Waals surface area contributed by atoms with Gasteiger partial charge in [0.25, 0.3) is 0 Å². The number of rotatable bonds is 5. The number of carbonyl (C=O) groups is 1. The molecule has 6 heteroatoms. The zero-order chi connectivity index (χ0) is 15.5. The summed E-state index contributed by atoms with van der Waals surface area (Å²) in [7, 11) is -2.96. The zero-order valence-electron chi connectivity index (χ0n) is 12.4. The predicted octanol–water partition coefficient (Wildman–Crippen LogP) is 2.12. The quantitative estimate of drug-likeness (QED) is 0.778. The summed E-state index contributed by atoms with van der Waals surface area (Å²) in [6.07, 6.45) is 0.567. The number of hydrogen-bond acceptors (Lipinski definition) is 4. The molecule has 4 nitrogen and oxygen atoms in total.